The van der Waals surface area contributed by atoms with E-state index in [4.69, 9.17) is 0 Å². The Morgan fingerprint density at radius 1 is 1.47 bits per heavy atom. The number of aryl methyl sites for hydroxylation is 1. The van der Waals surface area contributed by atoms with E-state index in [1.165, 1.54) is 11.3 Å². The summed E-state index contributed by atoms with van der Waals surface area (Å²) in [6.45, 7) is 9.52. The molecule has 1 unspecified atom stereocenters. The number of nitrogens with one attached hydrogen (secondary N) is 1. The zero-order valence-electron chi connectivity index (χ0n) is 11.2. The first-order valence-electron chi connectivity index (χ1n) is 6.33. The minimum atomic E-state index is 0.341. The van der Waals surface area contributed by atoms with Crippen LogP contribution in [0.1, 0.15) is 42.9 Å². The summed E-state index contributed by atoms with van der Waals surface area (Å²) in [7, 11) is 2.16. The van der Waals surface area contributed by atoms with Crippen LogP contribution in [0.25, 0.3) is 0 Å². The van der Waals surface area contributed by atoms with Gasteiger partial charge in [-0.05, 0) is 25.5 Å². The predicted octanol–water partition coefficient (Wildman–Crippen LogP) is 1.48. The highest BCUT2D eigenvalue weighted by molar-refractivity contribution is 5.25. The molecule has 4 heteroatoms. The van der Waals surface area contributed by atoms with Gasteiger partial charge >= 0.3 is 0 Å². The Kier molecular flexibility index (Phi) is 3.74. The van der Waals surface area contributed by atoms with Gasteiger partial charge in [0.15, 0.2) is 0 Å². The first kappa shape index (κ1) is 12.5. The molecule has 1 aliphatic heterocycles. The van der Waals surface area contributed by atoms with E-state index >= 15 is 0 Å². The predicted molar refractivity (Wildman–Crippen MR) is 69.1 cm³/mol. The van der Waals surface area contributed by atoms with E-state index in [1.54, 1.807) is 0 Å². The lowest BCUT2D eigenvalue weighted by molar-refractivity contribution is 0.237. The van der Waals surface area contributed by atoms with Crippen molar-refractivity contribution in [2.24, 2.45) is 0 Å². The summed E-state index contributed by atoms with van der Waals surface area (Å²) in [6, 6.07) is 0.341. The van der Waals surface area contributed by atoms with Crippen LogP contribution in [0.15, 0.2) is 6.20 Å². The Bertz CT molecular complexity index is 389. The summed E-state index contributed by atoms with van der Waals surface area (Å²) in [5.74, 6) is 1.33. The second kappa shape index (κ2) is 5.10. The standard InChI is InChI=1S/C13H22N4/c1-9(2)11-7-15-10(3)16-13(11)12-8-17(4)6-5-14-12/h7,9,12,14H,5-6,8H2,1-4H3. The normalized spacial score (nSPS) is 22.1. The molecule has 2 heterocycles. The van der Waals surface area contributed by atoms with E-state index in [2.05, 4.69) is 41.1 Å². The number of hydrogen-bond acceptors (Lipinski definition) is 4. The largest absolute Gasteiger partial charge is 0.306 e. The average molecular weight is 234 g/mol. The van der Waals surface area contributed by atoms with Gasteiger partial charge in [0.1, 0.15) is 5.82 Å². The number of rotatable bonds is 2. The summed E-state index contributed by atoms with van der Waals surface area (Å²) in [5, 5.41) is 3.56. The third kappa shape index (κ3) is 2.82. The summed E-state index contributed by atoms with van der Waals surface area (Å²) in [4.78, 5) is 11.3. The van der Waals surface area contributed by atoms with Gasteiger partial charge in [-0.25, -0.2) is 9.97 Å². The van der Waals surface area contributed by atoms with Crippen molar-refractivity contribution >= 4 is 0 Å². The fourth-order valence-electron chi connectivity index (χ4n) is 2.30. The Morgan fingerprint density at radius 2 is 2.24 bits per heavy atom. The molecule has 0 saturated carbocycles. The molecule has 0 aromatic carbocycles. The van der Waals surface area contributed by atoms with E-state index in [0.29, 0.717) is 12.0 Å². The Hall–Kier alpha value is -1.00. The fraction of sp³-hybridized carbons (Fsp3) is 0.692. The quantitative estimate of drug-likeness (QED) is 0.841. The number of piperazine rings is 1. The van der Waals surface area contributed by atoms with Crippen LogP contribution in [0.2, 0.25) is 0 Å². The molecule has 1 saturated heterocycles. The van der Waals surface area contributed by atoms with Gasteiger partial charge in [-0.15, -0.1) is 0 Å². The van der Waals surface area contributed by atoms with Crippen molar-refractivity contribution < 1.29 is 0 Å². The van der Waals surface area contributed by atoms with Crippen LogP contribution < -0.4 is 5.32 Å². The summed E-state index contributed by atoms with van der Waals surface area (Å²) in [6.07, 6.45) is 1.98. The maximum atomic E-state index is 4.65. The van der Waals surface area contributed by atoms with Crippen molar-refractivity contribution in [3.63, 3.8) is 0 Å². The Morgan fingerprint density at radius 3 is 2.88 bits per heavy atom. The molecule has 0 bridgehead atoms. The van der Waals surface area contributed by atoms with Gasteiger partial charge in [0.25, 0.3) is 0 Å². The lowest BCUT2D eigenvalue weighted by Crippen LogP contribution is -2.44. The topological polar surface area (TPSA) is 41.1 Å². The maximum Gasteiger partial charge on any atom is 0.125 e. The van der Waals surface area contributed by atoms with E-state index < -0.39 is 0 Å². The third-order valence-corrected chi connectivity index (χ3v) is 3.30. The van der Waals surface area contributed by atoms with Crippen LogP contribution in [0.3, 0.4) is 0 Å². The van der Waals surface area contributed by atoms with Crippen LogP contribution in [-0.4, -0.2) is 41.5 Å². The third-order valence-electron chi connectivity index (χ3n) is 3.30. The minimum Gasteiger partial charge on any atom is -0.306 e. The molecule has 1 fully saturated rings. The zero-order chi connectivity index (χ0) is 12.4. The van der Waals surface area contributed by atoms with Crippen molar-refractivity contribution in [3.8, 4) is 0 Å². The summed E-state index contributed by atoms with van der Waals surface area (Å²) < 4.78 is 0. The molecule has 1 aromatic heterocycles. The molecule has 0 amide bonds. The Labute approximate surface area is 103 Å². The number of hydrogen-bond donors (Lipinski definition) is 1. The zero-order valence-corrected chi connectivity index (χ0v) is 11.2. The maximum absolute atomic E-state index is 4.65. The van der Waals surface area contributed by atoms with Crippen LogP contribution in [0, 0.1) is 6.92 Å². The lowest BCUT2D eigenvalue weighted by Gasteiger charge is -2.32. The molecule has 94 valence electrons. The van der Waals surface area contributed by atoms with Crippen LogP contribution in [0.5, 0.6) is 0 Å². The van der Waals surface area contributed by atoms with E-state index in [-0.39, 0.29) is 0 Å². The van der Waals surface area contributed by atoms with Gasteiger partial charge < -0.3 is 10.2 Å². The average Bonchev–Trinajstić information content (AvgIpc) is 2.28. The van der Waals surface area contributed by atoms with Gasteiger partial charge in [0.2, 0.25) is 0 Å². The SMILES string of the molecule is Cc1ncc(C(C)C)c(C2CN(C)CCN2)n1. The molecule has 0 spiro atoms. The molecule has 0 radical (unpaired) electrons. The first-order valence-corrected chi connectivity index (χ1v) is 6.33. The smallest absolute Gasteiger partial charge is 0.125 e. The molecule has 1 aliphatic rings. The van der Waals surface area contributed by atoms with Crippen molar-refractivity contribution in [2.75, 3.05) is 26.7 Å². The molecule has 1 atom stereocenters. The molecule has 17 heavy (non-hydrogen) atoms. The minimum absolute atomic E-state index is 0.341. The lowest BCUT2D eigenvalue weighted by atomic mass is 9.98. The van der Waals surface area contributed by atoms with Crippen molar-refractivity contribution in [2.45, 2.75) is 32.7 Å². The molecular formula is C13H22N4. The highest BCUT2D eigenvalue weighted by Crippen LogP contribution is 2.24. The van der Waals surface area contributed by atoms with Gasteiger partial charge in [-0.1, -0.05) is 13.8 Å². The fourth-order valence-corrected chi connectivity index (χ4v) is 2.30. The van der Waals surface area contributed by atoms with Gasteiger partial charge in [0, 0.05) is 25.8 Å². The summed E-state index contributed by atoms with van der Waals surface area (Å²) >= 11 is 0. The number of nitrogens with zero attached hydrogens (tertiary/aromatic N) is 3. The van der Waals surface area contributed by atoms with Gasteiger partial charge in [0.05, 0.1) is 11.7 Å². The molecule has 1 aromatic rings. The van der Waals surface area contributed by atoms with Crippen LogP contribution in [0.4, 0.5) is 0 Å². The molecule has 0 aliphatic carbocycles. The summed E-state index contributed by atoms with van der Waals surface area (Å²) in [5.41, 5.74) is 2.45. The molecule has 4 nitrogen and oxygen atoms in total. The number of aromatic nitrogens is 2. The van der Waals surface area contributed by atoms with E-state index in [0.717, 1.165) is 25.5 Å². The van der Waals surface area contributed by atoms with Gasteiger partial charge in [-0.2, -0.15) is 0 Å². The molecular weight excluding hydrogens is 212 g/mol. The van der Waals surface area contributed by atoms with Gasteiger partial charge in [-0.3, -0.25) is 0 Å². The number of likely N-dealkylation sites (N-methyl/N-ethyl adjacent to an activating group) is 1. The van der Waals surface area contributed by atoms with Crippen molar-refractivity contribution in [3.05, 3.63) is 23.3 Å². The van der Waals surface area contributed by atoms with Crippen LogP contribution >= 0.6 is 0 Å². The highest BCUT2D eigenvalue weighted by atomic mass is 15.2. The van der Waals surface area contributed by atoms with E-state index in [9.17, 15) is 0 Å². The first-order chi connectivity index (χ1) is 8.08. The van der Waals surface area contributed by atoms with E-state index in [1.807, 2.05) is 13.1 Å². The van der Waals surface area contributed by atoms with Crippen LogP contribution in [-0.2, 0) is 0 Å². The highest BCUT2D eigenvalue weighted by Gasteiger charge is 2.23. The Balaban J connectivity index is 2.32. The second-order valence-electron chi connectivity index (χ2n) is 5.18. The molecule has 1 N–H and O–H groups in total. The molecule has 2 rings (SSSR count). The van der Waals surface area contributed by atoms with Crippen molar-refractivity contribution in [1.82, 2.24) is 20.2 Å². The second-order valence-corrected chi connectivity index (χ2v) is 5.18. The monoisotopic (exact) mass is 234 g/mol. The van der Waals surface area contributed by atoms with Crippen molar-refractivity contribution in [1.29, 1.82) is 0 Å².